The normalized spacial score (nSPS) is 17.8. The fourth-order valence-electron chi connectivity index (χ4n) is 5.78. The Morgan fingerprint density at radius 3 is 2.15 bits per heavy atom. The topological polar surface area (TPSA) is 93.2 Å². The molecule has 256 valence electrons. The number of benzene rings is 3. The monoisotopic (exact) mass is 728 g/mol. The maximum absolute atomic E-state index is 15.4. The van der Waals surface area contributed by atoms with E-state index in [1.807, 2.05) is 43.3 Å². The van der Waals surface area contributed by atoms with Crippen molar-refractivity contribution in [2.24, 2.45) is 5.41 Å². The number of hydroxylamine groups is 1. The van der Waals surface area contributed by atoms with Crippen molar-refractivity contribution in [2.75, 3.05) is 19.7 Å². The van der Waals surface area contributed by atoms with Gasteiger partial charge >= 0.3 is 18.1 Å². The molecule has 0 bridgehead atoms. The van der Waals surface area contributed by atoms with E-state index < -0.39 is 49.2 Å². The van der Waals surface area contributed by atoms with Gasteiger partial charge in [-0.25, -0.2) is 17.6 Å². The van der Waals surface area contributed by atoms with Gasteiger partial charge in [0.2, 0.25) is 0 Å². The van der Waals surface area contributed by atoms with E-state index in [-0.39, 0.29) is 36.5 Å². The first kappa shape index (κ1) is 34.5. The average molecular weight is 730 g/mol. The molecule has 8 nitrogen and oxygen atoms in total. The third-order valence-electron chi connectivity index (χ3n) is 8.43. The highest BCUT2D eigenvalue weighted by Crippen LogP contribution is 2.46. The third-order valence-corrected chi connectivity index (χ3v) is 10.9. The molecule has 2 saturated carbocycles. The van der Waals surface area contributed by atoms with Crippen LogP contribution >= 0.6 is 23.2 Å². The van der Waals surface area contributed by atoms with Crippen molar-refractivity contribution in [1.82, 2.24) is 9.37 Å². The lowest BCUT2D eigenvalue weighted by molar-refractivity contribution is -0.217. The minimum absolute atomic E-state index is 0.0560. The summed E-state index contributed by atoms with van der Waals surface area (Å²) in [7, 11) is -4.82. The highest BCUT2D eigenvalue weighted by Gasteiger charge is 2.50. The van der Waals surface area contributed by atoms with Gasteiger partial charge in [-0.1, -0.05) is 58.9 Å². The molecule has 1 saturated heterocycles. The van der Waals surface area contributed by atoms with Gasteiger partial charge in [-0.3, -0.25) is 9.69 Å². The van der Waals surface area contributed by atoms with Gasteiger partial charge in [-0.2, -0.15) is 13.2 Å². The number of nitrogens with zero attached hydrogens (tertiary/aromatic N) is 2. The quantitative estimate of drug-likeness (QED) is 0.157. The molecule has 0 atom stereocenters. The SMILES string of the molecule is CC1(COc2cc(F)c(C(=O)N(OC(=O)C(F)(F)F)S(=O)(=O)C3CC3)cc2C2CC2)CN(Cc2ccc(-c3cc(Cl)cc(Cl)c3)cc2)C1. The molecular formula is C33H30Cl2F4N2O6S. The summed E-state index contributed by atoms with van der Waals surface area (Å²) in [4.78, 5) is 31.0. The molecule has 2 aliphatic carbocycles. The van der Waals surface area contributed by atoms with E-state index in [1.165, 1.54) is 0 Å². The van der Waals surface area contributed by atoms with Crippen LogP contribution in [0, 0.1) is 11.2 Å². The second-order valence-electron chi connectivity index (χ2n) is 12.9. The van der Waals surface area contributed by atoms with E-state index in [4.69, 9.17) is 27.9 Å². The number of amides is 1. The fourth-order valence-corrected chi connectivity index (χ4v) is 7.81. The molecule has 1 heterocycles. The van der Waals surface area contributed by atoms with Gasteiger partial charge < -0.3 is 9.57 Å². The van der Waals surface area contributed by atoms with Crippen molar-refractivity contribution >= 4 is 45.1 Å². The summed E-state index contributed by atoms with van der Waals surface area (Å²) in [6.07, 6.45) is -4.09. The first-order valence-electron chi connectivity index (χ1n) is 15.1. The number of halogens is 6. The minimum atomic E-state index is -5.59. The number of likely N-dealkylation sites (tertiary alicyclic amines) is 1. The molecule has 15 heteroatoms. The molecule has 0 radical (unpaired) electrons. The van der Waals surface area contributed by atoms with Crippen LogP contribution in [0.3, 0.4) is 0 Å². The zero-order valence-electron chi connectivity index (χ0n) is 25.5. The summed E-state index contributed by atoms with van der Waals surface area (Å²) in [5.74, 6) is -5.81. The molecule has 6 rings (SSSR count). The molecular weight excluding hydrogens is 699 g/mol. The van der Waals surface area contributed by atoms with Crippen LogP contribution in [0.5, 0.6) is 5.75 Å². The number of carbonyl (C=O) groups excluding carboxylic acids is 2. The number of sulfonamides is 1. The largest absolute Gasteiger partial charge is 0.493 e. The van der Waals surface area contributed by atoms with Gasteiger partial charge in [-0.05, 0) is 78.1 Å². The highest BCUT2D eigenvalue weighted by atomic mass is 35.5. The number of ether oxygens (including phenoxy) is 1. The Labute approximate surface area is 284 Å². The van der Waals surface area contributed by atoms with Crippen molar-refractivity contribution in [2.45, 2.75) is 56.5 Å². The molecule has 0 unspecified atom stereocenters. The van der Waals surface area contributed by atoms with Gasteiger partial charge in [0.1, 0.15) is 11.6 Å². The lowest BCUT2D eigenvalue weighted by Crippen LogP contribution is -2.56. The van der Waals surface area contributed by atoms with Crippen LogP contribution in [-0.2, 0) is 26.2 Å². The van der Waals surface area contributed by atoms with Crippen LogP contribution < -0.4 is 4.74 Å². The van der Waals surface area contributed by atoms with Gasteiger partial charge in [0.05, 0.1) is 17.4 Å². The van der Waals surface area contributed by atoms with Crippen molar-refractivity contribution in [1.29, 1.82) is 0 Å². The molecule has 3 aromatic carbocycles. The zero-order chi connectivity index (χ0) is 34.6. The Morgan fingerprint density at radius 2 is 1.58 bits per heavy atom. The van der Waals surface area contributed by atoms with Crippen LogP contribution in [0.1, 0.15) is 60.0 Å². The molecule has 3 fully saturated rings. The van der Waals surface area contributed by atoms with E-state index in [9.17, 15) is 31.2 Å². The standard InChI is InChI=1S/C33H30Cl2F4N2O6S/c1-32(16-40(17-32)15-19-2-4-20(5-3-19)22-10-23(34)12-24(35)11-22)18-46-29-14-28(36)27(13-26(29)21-6-7-21)30(42)41(47-31(43)33(37,38)39)48(44,45)25-8-9-25/h2-5,10-14,21,25H,6-9,15-18H2,1H3. The highest BCUT2D eigenvalue weighted by molar-refractivity contribution is 7.90. The van der Waals surface area contributed by atoms with E-state index in [0.717, 1.165) is 28.8 Å². The lowest BCUT2D eigenvalue weighted by atomic mass is 9.82. The molecule has 0 spiro atoms. The number of hydrogen-bond acceptors (Lipinski definition) is 7. The summed E-state index contributed by atoms with van der Waals surface area (Å²) < 4.78 is 85.1. The summed E-state index contributed by atoms with van der Waals surface area (Å²) in [5.41, 5.74) is 2.31. The minimum Gasteiger partial charge on any atom is -0.493 e. The first-order chi connectivity index (χ1) is 22.5. The summed E-state index contributed by atoms with van der Waals surface area (Å²) in [6.45, 7) is 4.32. The Balaban J connectivity index is 1.11. The fraction of sp³-hybridized carbons (Fsp3) is 0.394. The maximum atomic E-state index is 15.4. The Hall–Kier alpha value is -3.39. The predicted octanol–water partition coefficient (Wildman–Crippen LogP) is 7.53. The van der Waals surface area contributed by atoms with Crippen LogP contribution in [0.15, 0.2) is 54.6 Å². The molecule has 0 aromatic heterocycles. The van der Waals surface area contributed by atoms with Crippen molar-refractivity contribution in [3.8, 4) is 16.9 Å². The van der Waals surface area contributed by atoms with Crippen LogP contribution in [0.2, 0.25) is 10.0 Å². The van der Waals surface area contributed by atoms with E-state index in [0.29, 0.717) is 48.1 Å². The predicted molar refractivity (Wildman–Crippen MR) is 169 cm³/mol. The Bertz CT molecular complexity index is 1840. The van der Waals surface area contributed by atoms with Gasteiger partial charge in [0, 0.05) is 41.2 Å². The summed E-state index contributed by atoms with van der Waals surface area (Å²) >= 11 is 12.3. The van der Waals surface area contributed by atoms with Gasteiger partial charge in [0.15, 0.2) is 0 Å². The maximum Gasteiger partial charge on any atom is 0.493 e. The van der Waals surface area contributed by atoms with Crippen LogP contribution in [0.4, 0.5) is 17.6 Å². The molecule has 3 aromatic rings. The number of rotatable bonds is 10. The zero-order valence-corrected chi connectivity index (χ0v) is 27.9. The van der Waals surface area contributed by atoms with E-state index >= 15 is 4.39 Å². The van der Waals surface area contributed by atoms with Crippen molar-refractivity contribution in [3.05, 3.63) is 87.2 Å². The number of hydrogen-bond donors (Lipinski definition) is 0. The van der Waals surface area contributed by atoms with Gasteiger partial charge in [0.25, 0.3) is 10.0 Å². The Morgan fingerprint density at radius 1 is 0.958 bits per heavy atom. The van der Waals surface area contributed by atoms with E-state index in [2.05, 4.69) is 9.74 Å². The molecule has 3 aliphatic rings. The number of carbonyl (C=O) groups is 2. The second kappa shape index (κ2) is 12.8. The van der Waals surface area contributed by atoms with Gasteiger partial charge in [-0.15, -0.1) is 0 Å². The second-order valence-corrected chi connectivity index (χ2v) is 15.8. The molecule has 1 amide bonds. The lowest BCUT2D eigenvalue weighted by Gasteiger charge is -2.48. The third kappa shape index (κ3) is 7.59. The molecule has 0 N–H and O–H groups in total. The molecule has 1 aliphatic heterocycles. The summed E-state index contributed by atoms with van der Waals surface area (Å²) in [5, 5.41) is -0.108. The average Bonchev–Trinajstić information content (AvgIpc) is 3.90. The van der Waals surface area contributed by atoms with Crippen molar-refractivity contribution in [3.63, 3.8) is 0 Å². The van der Waals surface area contributed by atoms with E-state index in [1.54, 1.807) is 6.07 Å². The number of alkyl halides is 3. The smallest absolute Gasteiger partial charge is 0.493 e. The Kier molecular flexibility index (Phi) is 9.20. The van der Waals surface area contributed by atoms with Crippen LogP contribution in [0.25, 0.3) is 11.1 Å². The summed E-state index contributed by atoms with van der Waals surface area (Å²) in [6, 6.07) is 15.5. The first-order valence-corrected chi connectivity index (χ1v) is 17.4. The molecule has 48 heavy (non-hydrogen) atoms. The van der Waals surface area contributed by atoms with Crippen molar-refractivity contribution < 1.29 is 45.1 Å². The van der Waals surface area contributed by atoms with Crippen LogP contribution in [-0.4, -0.2) is 60.8 Å².